The van der Waals surface area contributed by atoms with Crippen LogP contribution in [-0.2, 0) is 4.74 Å². The van der Waals surface area contributed by atoms with E-state index < -0.39 is 11.7 Å². The van der Waals surface area contributed by atoms with Gasteiger partial charge in [0.2, 0.25) is 0 Å². The molecule has 0 saturated carbocycles. The zero-order valence-corrected chi connectivity index (χ0v) is 22.4. The summed E-state index contributed by atoms with van der Waals surface area (Å²) in [5.41, 5.74) is 10.1. The molecule has 37 heavy (non-hydrogen) atoms. The average Bonchev–Trinajstić information content (AvgIpc) is 3.03. The number of benzene rings is 3. The van der Waals surface area contributed by atoms with Crippen LogP contribution < -0.4 is 27.2 Å². The van der Waals surface area contributed by atoms with E-state index >= 15 is 0 Å². The van der Waals surface area contributed by atoms with Crippen LogP contribution in [0.5, 0.6) is 0 Å². The Morgan fingerprint density at radius 2 is 1.65 bits per heavy atom. The van der Waals surface area contributed by atoms with E-state index in [1.807, 2.05) is 76.2 Å². The van der Waals surface area contributed by atoms with Gasteiger partial charge in [-0.05, 0) is 93.3 Å². The number of hydrogen-bond acceptors (Lipinski definition) is 6. The van der Waals surface area contributed by atoms with Crippen LogP contribution >= 0.6 is 11.6 Å². The number of carbonyl (C=O) groups excluding carboxylic acids is 1. The lowest BCUT2D eigenvalue weighted by Gasteiger charge is -2.22. The van der Waals surface area contributed by atoms with Crippen LogP contribution in [0.3, 0.4) is 0 Å². The van der Waals surface area contributed by atoms with Gasteiger partial charge in [-0.25, -0.2) is 4.79 Å². The van der Waals surface area contributed by atoms with Crippen LogP contribution in [0.1, 0.15) is 51.3 Å². The van der Waals surface area contributed by atoms with Crippen LogP contribution in [0.4, 0.5) is 16.2 Å². The number of nitrogens with one attached hydrogen (secondary N) is 4. The molecular weight excluding hydrogens is 486 g/mol. The molecule has 3 aromatic carbocycles. The summed E-state index contributed by atoms with van der Waals surface area (Å²) in [5.74, 6) is 5.77. The van der Waals surface area contributed by atoms with Crippen molar-refractivity contribution in [2.75, 3.05) is 17.2 Å². The molecule has 1 heterocycles. The summed E-state index contributed by atoms with van der Waals surface area (Å²) in [7, 11) is 0. The molecular formula is C29H34ClN5O2. The fourth-order valence-electron chi connectivity index (χ4n) is 4.32. The monoisotopic (exact) mass is 519 g/mol. The maximum Gasteiger partial charge on any atom is 0.412 e. The zero-order chi connectivity index (χ0) is 26.6. The van der Waals surface area contributed by atoms with Gasteiger partial charge in [-0.1, -0.05) is 35.9 Å². The summed E-state index contributed by atoms with van der Waals surface area (Å²) in [6.07, 6.45) is 0.399. The predicted molar refractivity (Wildman–Crippen MR) is 152 cm³/mol. The molecule has 1 aliphatic heterocycles. The lowest BCUT2D eigenvalue weighted by atomic mass is 9.92. The van der Waals surface area contributed by atoms with Crippen molar-refractivity contribution in [1.29, 1.82) is 0 Å². The van der Waals surface area contributed by atoms with Crippen LogP contribution in [0.15, 0.2) is 72.4 Å². The van der Waals surface area contributed by atoms with Crippen molar-refractivity contribution in [2.45, 2.75) is 45.8 Å². The van der Waals surface area contributed by atoms with Crippen molar-refractivity contribution >= 4 is 34.8 Å². The van der Waals surface area contributed by atoms with E-state index in [1.165, 1.54) is 0 Å². The quantitative estimate of drug-likeness (QED) is 0.191. The third kappa shape index (κ3) is 6.76. The van der Waals surface area contributed by atoms with Crippen molar-refractivity contribution < 1.29 is 9.53 Å². The molecule has 1 aliphatic rings. The summed E-state index contributed by atoms with van der Waals surface area (Å²) in [5, 5.41) is 10.7. The number of allylic oxidation sites excluding steroid dienone is 1. The standard InChI is InChI=1S/C29H34ClN5O2/c1-18(35-31)27-24-14-7-20(19-5-10-23(11-6-19)34-28(36)37-29(2,3)4)17-25(24)26(15-16-32-27)33-22-12-8-21(30)9-13-22/h5-14,17,26,32-33,35H,15-16,31H2,1-4H3,(H,34,36)/b27-18-. The second-order valence-electron chi connectivity index (χ2n) is 10.1. The number of amides is 1. The summed E-state index contributed by atoms with van der Waals surface area (Å²) in [6, 6.07) is 22.0. The fourth-order valence-corrected chi connectivity index (χ4v) is 4.45. The largest absolute Gasteiger partial charge is 0.444 e. The maximum absolute atomic E-state index is 12.1. The van der Waals surface area contributed by atoms with Crippen LogP contribution in [-0.4, -0.2) is 18.2 Å². The number of hydrazine groups is 1. The Morgan fingerprint density at radius 1 is 1.00 bits per heavy atom. The number of halogens is 1. The van der Waals surface area contributed by atoms with E-state index in [2.05, 4.69) is 39.6 Å². The molecule has 3 aromatic rings. The molecule has 0 aliphatic carbocycles. The van der Waals surface area contributed by atoms with Gasteiger partial charge in [0.05, 0.1) is 11.7 Å². The highest BCUT2D eigenvalue weighted by Gasteiger charge is 2.23. The molecule has 0 bridgehead atoms. The molecule has 1 unspecified atom stereocenters. The minimum absolute atomic E-state index is 0.0693. The molecule has 6 N–H and O–H groups in total. The minimum Gasteiger partial charge on any atom is -0.444 e. The number of carbonyl (C=O) groups is 1. The highest BCUT2D eigenvalue weighted by atomic mass is 35.5. The van der Waals surface area contributed by atoms with E-state index in [0.717, 1.165) is 52.3 Å². The van der Waals surface area contributed by atoms with Gasteiger partial charge in [-0.15, -0.1) is 0 Å². The second kappa shape index (κ2) is 11.2. The van der Waals surface area contributed by atoms with Gasteiger partial charge in [0, 0.05) is 34.2 Å². The van der Waals surface area contributed by atoms with Crippen molar-refractivity contribution in [3.63, 3.8) is 0 Å². The molecule has 8 heteroatoms. The first kappa shape index (κ1) is 26.4. The smallest absolute Gasteiger partial charge is 0.412 e. The van der Waals surface area contributed by atoms with Crippen molar-refractivity contribution in [2.24, 2.45) is 5.84 Å². The molecule has 7 nitrogen and oxygen atoms in total. The van der Waals surface area contributed by atoms with Gasteiger partial charge < -0.3 is 20.8 Å². The summed E-state index contributed by atoms with van der Waals surface area (Å²) < 4.78 is 5.35. The van der Waals surface area contributed by atoms with E-state index in [4.69, 9.17) is 22.2 Å². The van der Waals surface area contributed by atoms with E-state index in [1.54, 1.807) is 0 Å². The molecule has 4 rings (SSSR count). The molecule has 0 fully saturated rings. The first-order valence-electron chi connectivity index (χ1n) is 12.3. The first-order chi connectivity index (χ1) is 17.6. The molecule has 1 atom stereocenters. The Hall–Kier alpha value is -3.68. The average molecular weight is 520 g/mol. The second-order valence-corrected chi connectivity index (χ2v) is 10.5. The number of ether oxygens (including phenoxy) is 1. The Kier molecular flexibility index (Phi) is 7.95. The number of rotatable bonds is 5. The van der Waals surface area contributed by atoms with Crippen molar-refractivity contribution in [1.82, 2.24) is 10.7 Å². The Bertz CT molecular complexity index is 1280. The van der Waals surface area contributed by atoms with Gasteiger partial charge in [-0.2, -0.15) is 0 Å². The third-order valence-electron chi connectivity index (χ3n) is 6.07. The van der Waals surface area contributed by atoms with Gasteiger partial charge in [-0.3, -0.25) is 11.2 Å². The Labute approximate surface area is 223 Å². The normalized spacial score (nSPS) is 16.5. The topological polar surface area (TPSA) is 100 Å². The number of fused-ring (bicyclic) bond motifs is 1. The van der Waals surface area contributed by atoms with Gasteiger partial charge in [0.25, 0.3) is 0 Å². The summed E-state index contributed by atoms with van der Waals surface area (Å²) in [6.45, 7) is 8.26. The number of anilines is 2. The van der Waals surface area contributed by atoms with Crippen LogP contribution in [0.25, 0.3) is 16.8 Å². The highest BCUT2D eigenvalue weighted by Crippen LogP contribution is 2.36. The van der Waals surface area contributed by atoms with Crippen molar-refractivity contribution in [3.8, 4) is 11.1 Å². The molecule has 194 valence electrons. The summed E-state index contributed by atoms with van der Waals surface area (Å²) in [4.78, 5) is 12.1. The molecule has 1 amide bonds. The Morgan fingerprint density at radius 3 is 2.30 bits per heavy atom. The van der Waals surface area contributed by atoms with Crippen LogP contribution in [0, 0.1) is 0 Å². The van der Waals surface area contributed by atoms with Gasteiger partial charge in [0.1, 0.15) is 5.60 Å². The first-order valence-corrected chi connectivity index (χ1v) is 12.7. The number of hydrogen-bond donors (Lipinski definition) is 5. The maximum atomic E-state index is 12.1. The molecule has 0 radical (unpaired) electrons. The van der Waals surface area contributed by atoms with E-state index in [0.29, 0.717) is 10.7 Å². The summed E-state index contributed by atoms with van der Waals surface area (Å²) >= 11 is 6.09. The molecule has 0 aromatic heterocycles. The predicted octanol–water partition coefficient (Wildman–Crippen LogP) is 6.65. The minimum atomic E-state index is -0.553. The third-order valence-corrected chi connectivity index (χ3v) is 6.32. The van der Waals surface area contributed by atoms with E-state index in [9.17, 15) is 4.79 Å². The SMILES string of the molecule is C/C(NN)=C1/NCCC(Nc2ccc(Cl)cc2)c2cc(-c3ccc(NC(=O)OC(C)(C)C)cc3)ccc21. The highest BCUT2D eigenvalue weighted by molar-refractivity contribution is 6.30. The van der Waals surface area contributed by atoms with Gasteiger partial charge in [0.15, 0.2) is 0 Å². The molecule has 0 saturated heterocycles. The molecule has 0 spiro atoms. The lowest BCUT2D eigenvalue weighted by Crippen LogP contribution is -2.27. The zero-order valence-electron chi connectivity index (χ0n) is 21.6. The van der Waals surface area contributed by atoms with Crippen molar-refractivity contribution in [3.05, 3.63) is 88.6 Å². The fraction of sp³-hybridized carbons (Fsp3) is 0.276. The number of nitrogens with two attached hydrogens (primary N) is 1. The van der Waals surface area contributed by atoms with Gasteiger partial charge >= 0.3 is 6.09 Å². The lowest BCUT2D eigenvalue weighted by molar-refractivity contribution is 0.0636. The Balaban J connectivity index is 1.66. The van der Waals surface area contributed by atoms with Crippen LogP contribution in [0.2, 0.25) is 5.02 Å². The van der Waals surface area contributed by atoms with E-state index in [-0.39, 0.29) is 6.04 Å².